The van der Waals surface area contributed by atoms with E-state index in [1.807, 2.05) is 6.92 Å². The summed E-state index contributed by atoms with van der Waals surface area (Å²) in [4.78, 5) is 0. The number of likely N-dealkylation sites (N-methyl/N-ethyl adjacent to an activating group) is 1. The van der Waals surface area contributed by atoms with Gasteiger partial charge in [0, 0.05) is 0 Å². The number of aliphatic hydroxyl groups is 1. The third kappa shape index (κ3) is 9.95. The van der Waals surface area contributed by atoms with Gasteiger partial charge in [-0.25, -0.2) is 16.8 Å². The number of halogens is 6. The van der Waals surface area contributed by atoms with Crippen molar-refractivity contribution in [3.63, 3.8) is 0 Å². The maximum absolute atomic E-state index is 11.4. The number of quaternary nitrogens is 1. The van der Waals surface area contributed by atoms with Gasteiger partial charge < -0.3 is 13.7 Å². The number of hydrogen-bond acceptors (Lipinski definition) is 5. The van der Waals surface area contributed by atoms with Crippen molar-refractivity contribution in [1.82, 2.24) is 0 Å². The summed E-state index contributed by atoms with van der Waals surface area (Å²) in [5.74, 6) is 0. The number of nitrogens with zero attached hydrogens (tertiary/aromatic N) is 2. The zero-order valence-electron chi connectivity index (χ0n) is 12.3. The molecular formula is C8H16F6N2O5S2. The summed E-state index contributed by atoms with van der Waals surface area (Å²) < 4.78 is 110. The summed E-state index contributed by atoms with van der Waals surface area (Å²) in [6.07, 6.45) is -0.185. The monoisotopic (exact) mass is 398 g/mol. The summed E-state index contributed by atoms with van der Waals surface area (Å²) in [5, 5.41) is 8.87. The van der Waals surface area contributed by atoms with Gasteiger partial charge in [-0.15, -0.1) is 0 Å². The predicted molar refractivity (Wildman–Crippen MR) is 67.9 cm³/mol. The van der Waals surface area contributed by atoms with Gasteiger partial charge in [-0.05, 0) is 6.92 Å². The van der Waals surface area contributed by atoms with Gasteiger partial charge >= 0.3 is 11.0 Å². The Morgan fingerprint density at radius 1 is 0.913 bits per heavy atom. The zero-order valence-corrected chi connectivity index (χ0v) is 14.0. The SMILES string of the molecule is CC(O)C[N+](C)(C)C.O=S(=O)([N-]S(=O)(=O)C(F)(F)F)C(F)(F)F. The molecule has 0 aliphatic heterocycles. The first-order valence-electron chi connectivity index (χ1n) is 5.48. The van der Waals surface area contributed by atoms with E-state index in [9.17, 15) is 43.2 Å². The van der Waals surface area contributed by atoms with Gasteiger partial charge in [0.1, 0.15) is 12.6 Å². The molecule has 1 unspecified atom stereocenters. The number of rotatable bonds is 4. The molecule has 0 fully saturated rings. The van der Waals surface area contributed by atoms with Crippen molar-refractivity contribution in [2.24, 2.45) is 0 Å². The lowest BCUT2D eigenvalue weighted by atomic mass is 10.3. The van der Waals surface area contributed by atoms with Crippen molar-refractivity contribution in [3.8, 4) is 0 Å². The summed E-state index contributed by atoms with van der Waals surface area (Å²) in [6, 6.07) is 0. The van der Waals surface area contributed by atoms with Crippen molar-refractivity contribution in [2.45, 2.75) is 24.0 Å². The van der Waals surface area contributed by atoms with Crippen LogP contribution in [0.5, 0.6) is 0 Å². The van der Waals surface area contributed by atoms with E-state index in [-0.39, 0.29) is 6.10 Å². The first-order valence-corrected chi connectivity index (χ1v) is 8.36. The molecule has 0 aromatic heterocycles. The van der Waals surface area contributed by atoms with Gasteiger partial charge in [-0.3, -0.25) is 0 Å². The lowest BCUT2D eigenvalue weighted by Gasteiger charge is -2.24. The molecule has 0 rings (SSSR count). The molecule has 7 nitrogen and oxygen atoms in total. The van der Waals surface area contributed by atoms with E-state index < -0.39 is 31.1 Å². The van der Waals surface area contributed by atoms with Crippen LogP contribution in [0.25, 0.3) is 4.13 Å². The van der Waals surface area contributed by atoms with Crippen LogP contribution in [0.15, 0.2) is 0 Å². The van der Waals surface area contributed by atoms with E-state index in [1.54, 1.807) is 0 Å². The maximum atomic E-state index is 11.4. The second-order valence-electron chi connectivity index (χ2n) is 5.24. The van der Waals surface area contributed by atoms with Crippen LogP contribution < -0.4 is 0 Å². The highest BCUT2D eigenvalue weighted by Crippen LogP contribution is 2.36. The Bertz CT molecular complexity index is 532. The van der Waals surface area contributed by atoms with Gasteiger partial charge in [-0.1, -0.05) is 0 Å². The van der Waals surface area contributed by atoms with Crippen LogP contribution >= 0.6 is 0 Å². The van der Waals surface area contributed by atoms with Gasteiger partial charge in [0.2, 0.25) is 0 Å². The lowest BCUT2D eigenvalue weighted by Crippen LogP contribution is -2.40. The lowest BCUT2D eigenvalue weighted by molar-refractivity contribution is -0.873. The smallest absolute Gasteiger partial charge is 0.421 e. The molecule has 0 heterocycles. The Kier molecular flexibility index (Phi) is 8.02. The fourth-order valence-electron chi connectivity index (χ4n) is 1.01. The molecule has 0 aromatic rings. The third-order valence-corrected chi connectivity index (χ3v) is 4.33. The molecule has 1 N–H and O–H groups in total. The van der Waals surface area contributed by atoms with E-state index in [2.05, 4.69) is 21.1 Å². The van der Waals surface area contributed by atoms with Crippen LogP contribution in [0.2, 0.25) is 0 Å². The highest BCUT2D eigenvalue weighted by molar-refractivity contribution is 8.13. The maximum Gasteiger partial charge on any atom is 0.480 e. The van der Waals surface area contributed by atoms with E-state index in [0.717, 1.165) is 15.2 Å². The van der Waals surface area contributed by atoms with Crippen LogP contribution in [0.3, 0.4) is 0 Å². The molecule has 0 bridgehead atoms. The topological polar surface area (TPSA) is 103 Å². The summed E-state index contributed by atoms with van der Waals surface area (Å²) in [7, 11) is -7.26. The number of alkyl halides is 6. The summed E-state index contributed by atoms with van der Waals surface area (Å²) in [5.41, 5.74) is -12.4. The Balaban J connectivity index is 0. The fourth-order valence-corrected chi connectivity index (χ4v) is 2.72. The Hall–Kier alpha value is -0.640. The molecule has 0 amide bonds. The molecule has 142 valence electrons. The molecule has 0 saturated heterocycles. The normalized spacial score (nSPS) is 15.6. The molecular weight excluding hydrogens is 382 g/mol. The first-order chi connectivity index (χ1) is 9.62. The minimum absolute atomic E-state index is 0.185. The average Bonchev–Trinajstić information content (AvgIpc) is 2.07. The van der Waals surface area contributed by atoms with Crippen LogP contribution in [0.1, 0.15) is 6.92 Å². The highest BCUT2D eigenvalue weighted by Gasteiger charge is 2.46. The quantitative estimate of drug-likeness (QED) is 0.565. The van der Waals surface area contributed by atoms with E-state index in [0.29, 0.717) is 0 Å². The van der Waals surface area contributed by atoms with E-state index in [1.165, 1.54) is 0 Å². The van der Waals surface area contributed by atoms with Crippen molar-refractivity contribution in [3.05, 3.63) is 4.13 Å². The average molecular weight is 398 g/mol. The van der Waals surface area contributed by atoms with E-state index in [4.69, 9.17) is 5.11 Å². The molecule has 15 heteroatoms. The van der Waals surface area contributed by atoms with E-state index >= 15 is 0 Å². The second kappa shape index (κ2) is 7.50. The predicted octanol–water partition coefficient (Wildman–Crippen LogP) is 1.13. The Labute approximate surface area is 129 Å². The van der Waals surface area contributed by atoms with Crippen molar-refractivity contribution >= 4 is 20.0 Å². The van der Waals surface area contributed by atoms with Crippen LogP contribution in [0, 0.1) is 0 Å². The number of sulfonamides is 2. The fraction of sp³-hybridized carbons (Fsp3) is 1.00. The summed E-state index contributed by atoms with van der Waals surface area (Å²) in [6.45, 7) is 2.63. The number of hydrogen-bond donors (Lipinski definition) is 1. The highest BCUT2D eigenvalue weighted by atomic mass is 32.3. The molecule has 0 aliphatic rings. The molecule has 0 saturated carbocycles. The van der Waals surface area contributed by atoms with Gasteiger partial charge in [0.15, 0.2) is 20.0 Å². The molecule has 1 atom stereocenters. The van der Waals surface area contributed by atoms with Crippen LogP contribution in [0.4, 0.5) is 26.3 Å². The third-order valence-electron chi connectivity index (χ3n) is 1.59. The molecule has 0 aromatic carbocycles. The Morgan fingerprint density at radius 2 is 1.17 bits per heavy atom. The molecule has 0 aliphatic carbocycles. The van der Waals surface area contributed by atoms with Crippen molar-refractivity contribution in [1.29, 1.82) is 0 Å². The Morgan fingerprint density at radius 3 is 1.26 bits per heavy atom. The first kappa shape index (κ1) is 24.6. The largest absolute Gasteiger partial charge is 0.480 e. The summed E-state index contributed by atoms with van der Waals surface area (Å²) >= 11 is 0. The minimum Gasteiger partial charge on any atom is -0.421 e. The van der Waals surface area contributed by atoms with Crippen molar-refractivity contribution < 1.29 is 52.8 Å². The second-order valence-corrected chi connectivity index (χ2v) is 8.66. The molecule has 23 heavy (non-hydrogen) atoms. The van der Waals surface area contributed by atoms with Gasteiger partial charge in [-0.2, -0.15) is 26.3 Å². The standard InChI is InChI=1S/C6H16NO.C2F6NO4S2/c1-6(8)5-7(2,3)4;3-1(4,5)14(10,11)9-15(12,13)2(6,7)8/h6,8H,5H2,1-4H3;/q+1;-1. The van der Waals surface area contributed by atoms with Gasteiger partial charge in [0.25, 0.3) is 0 Å². The van der Waals surface area contributed by atoms with Crippen LogP contribution in [-0.4, -0.2) is 71.2 Å². The van der Waals surface area contributed by atoms with Crippen molar-refractivity contribution in [2.75, 3.05) is 27.7 Å². The molecule has 0 spiro atoms. The zero-order chi connectivity index (χ0) is 19.5. The minimum atomic E-state index is -6.72. The van der Waals surface area contributed by atoms with Crippen LogP contribution in [-0.2, 0) is 20.0 Å². The number of aliphatic hydroxyl groups excluding tert-OH is 1. The van der Waals surface area contributed by atoms with Gasteiger partial charge in [0.05, 0.1) is 21.1 Å². The molecule has 0 radical (unpaired) electrons.